The van der Waals surface area contributed by atoms with E-state index in [0.29, 0.717) is 11.8 Å². The SMILES string of the molecule is CC(=O)Nc1ccc(C(F)(F)F)cc1NC(=O)c1ccc(NC(C)c2ccccn2)c([N+](=O)[O-])c1. The Balaban J connectivity index is 1.90. The average Bonchev–Trinajstić information content (AvgIpc) is 2.79. The molecule has 3 rings (SSSR count). The second-order valence-electron chi connectivity index (χ2n) is 7.50. The number of aromatic nitrogens is 1. The van der Waals surface area contributed by atoms with Crippen LogP contribution in [0.2, 0.25) is 0 Å². The van der Waals surface area contributed by atoms with E-state index in [1.807, 2.05) is 0 Å². The van der Waals surface area contributed by atoms with Gasteiger partial charge in [-0.3, -0.25) is 24.7 Å². The van der Waals surface area contributed by atoms with Crippen LogP contribution in [0.15, 0.2) is 60.8 Å². The molecule has 2 aromatic carbocycles. The standard InChI is InChI=1S/C23H20F3N5O4/c1-13(17-5-3-4-10-27-17)28-19-8-6-15(11-21(19)31(34)35)22(33)30-20-12-16(23(24,25)26)7-9-18(20)29-14(2)32/h3-13,28H,1-2H3,(H,29,32)(H,30,33). The van der Waals surface area contributed by atoms with Crippen LogP contribution in [-0.4, -0.2) is 21.7 Å². The molecule has 2 amide bonds. The van der Waals surface area contributed by atoms with Gasteiger partial charge in [-0.2, -0.15) is 13.2 Å². The molecule has 1 unspecified atom stereocenters. The molecular formula is C23H20F3N5O4. The fraction of sp³-hybridized carbons (Fsp3) is 0.174. The minimum atomic E-state index is -4.69. The van der Waals surface area contributed by atoms with Crippen LogP contribution in [0.5, 0.6) is 0 Å². The summed E-state index contributed by atoms with van der Waals surface area (Å²) in [6.07, 6.45) is -3.11. The molecule has 35 heavy (non-hydrogen) atoms. The molecule has 1 heterocycles. The summed E-state index contributed by atoms with van der Waals surface area (Å²) in [7, 11) is 0. The molecule has 0 radical (unpaired) electrons. The lowest BCUT2D eigenvalue weighted by Crippen LogP contribution is -2.17. The van der Waals surface area contributed by atoms with Gasteiger partial charge in [0.1, 0.15) is 5.69 Å². The number of nitrogens with one attached hydrogen (secondary N) is 3. The van der Waals surface area contributed by atoms with Crippen molar-refractivity contribution in [1.82, 2.24) is 4.98 Å². The molecule has 0 fully saturated rings. The van der Waals surface area contributed by atoms with Crippen molar-refractivity contribution in [2.75, 3.05) is 16.0 Å². The monoisotopic (exact) mass is 487 g/mol. The lowest BCUT2D eigenvalue weighted by Gasteiger charge is -2.16. The van der Waals surface area contributed by atoms with E-state index >= 15 is 0 Å². The minimum absolute atomic E-state index is 0.0594. The number of hydrogen-bond donors (Lipinski definition) is 3. The molecule has 0 aliphatic rings. The number of benzene rings is 2. The maximum absolute atomic E-state index is 13.1. The fourth-order valence-electron chi connectivity index (χ4n) is 3.20. The summed E-state index contributed by atoms with van der Waals surface area (Å²) in [5.41, 5.74) is -1.23. The molecule has 182 valence electrons. The number of hydrogen-bond acceptors (Lipinski definition) is 6. The molecule has 0 bridgehead atoms. The van der Waals surface area contributed by atoms with Crippen LogP contribution < -0.4 is 16.0 Å². The largest absolute Gasteiger partial charge is 0.416 e. The molecule has 9 nitrogen and oxygen atoms in total. The molecule has 12 heteroatoms. The number of rotatable bonds is 7. The zero-order valence-electron chi connectivity index (χ0n) is 18.5. The zero-order chi connectivity index (χ0) is 25.8. The number of alkyl halides is 3. The smallest absolute Gasteiger partial charge is 0.371 e. The van der Waals surface area contributed by atoms with Crippen LogP contribution in [-0.2, 0) is 11.0 Å². The second-order valence-corrected chi connectivity index (χ2v) is 7.50. The molecule has 0 aliphatic carbocycles. The summed E-state index contributed by atoms with van der Waals surface area (Å²) in [6.45, 7) is 2.91. The van der Waals surface area contributed by atoms with Gasteiger partial charge in [-0.25, -0.2) is 0 Å². The van der Waals surface area contributed by atoms with Crippen molar-refractivity contribution >= 4 is 34.6 Å². The molecule has 0 saturated heterocycles. The first-order valence-electron chi connectivity index (χ1n) is 10.2. The Morgan fingerprint density at radius 3 is 2.31 bits per heavy atom. The summed E-state index contributed by atoms with van der Waals surface area (Å²) >= 11 is 0. The average molecular weight is 487 g/mol. The molecule has 0 saturated carbocycles. The van der Waals surface area contributed by atoms with Crippen LogP contribution >= 0.6 is 0 Å². The molecule has 1 atom stereocenters. The van der Waals surface area contributed by atoms with Crippen molar-refractivity contribution in [3.05, 3.63) is 87.7 Å². The molecule has 0 aliphatic heterocycles. The molecule has 3 aromatic rings. The van der Waals surface area contributed by atoms with Gasteiger partial charge in [0.2, 0.25) is 5.91 Å². The van der Waals surface area contributed by atoms with Gasteiger partial charge in [-0.05, 0) is 49.4 Å². The maximum atomic E-state index is 13.1. The number of carbonyl (C=O) groups excluding carboxylic acids is 2. The van der Waals surface area contributed by atoms with Gasteiger partial charge < -0.3 is 16.0 Å². The number of halogens is 3. The third-order valence-electron chi connectivity index (χ3n) is 4.87. The highest BCUT2D eigenvalue weighted by atomic mass is 19.4. The summed E-state index contributed by atoms with van der Waals surface area (Å²) in [5, 5.41) is 19.2. The third kappa shape index (κ3) is 6.31. The topological polar surface area (TPSA) is 126 Å². The van der Waals surface area contributed by atoms with Crippen molar-refractivity contribution in [3.63, 3.8) is 0 Å². The predicted octanol–water partition coefficient (Wildman–Crippen LogP) is 5.39. The number of nitro benzene ring substituents is 1. The normalized spacial score (nSPS) is 11.9. The predicted molar refractivity (Wildman–Crippen MR) is 123 cm³/mol. The number of amides is 2. The quantitative estimate of drug-likeness (QED) is 0.303. The van der Waals surface area contributed by atoms with Crippen molar-refractivity contribution in [1.29, 1.82) is 0 Å². The molecular weight excluding hydrogens is 467 g/mol. The van der Waals surface area contributed by atoms with Crippen molar-refractivity contribution in [2.24, 2.45) is 0 Å². The van der Waals surface area contributed by atoms with Gasteiger partial charge in [0.15, 0.2) is 0 Å². The molecule has 0 spiro atoms. The lowest BCUT2D eigenvalue weighted by atomic mass is 10.1. The second kappa shape index (κ2) is 10.2. The zero-order valence-corrected chi connectivity index (χ0v) is 18.5. The van der Waals surface area contributed by atoms with E-state index in [9.17, 15) is 32.9 Å². The number of nitro groups is 1. The maximum Gasteiger partial charge on any atom is 0.416 e. The first-order chi connectivity index (χ1) is 16.5. The van der Waals surface area contributed by atoms with E-state index in [-0.39, 0.29) is 28.7 Å². The highest BCUT2D eigenvalue weighted by Gasteiger charge is 2.31. The molecule has 3 N–H and O–H groups in total. The van der Waals surface area contributed by atoms with Crippen molar-refractivity contribution in [3.8, 4) is 0 Å². The van der Waals surface area contributed by atoms with Crippen LogP contribution in [0.1, 0.15) is 41.5 Å². The summed E-state index contributed by atoms with van der Waals surface area (Å²) in [6, 6.07) is 10.9. The Morgan fingerprint density at radius 2 is 1.71 bits per heavy atom. The number of anilines is 3. The first kappa shape index (κ1) is 25.1. The fourth-order valence-corrected chi connectivity index (χ4v) is 3.20. The van der Waals surface area contributed by atoms with E-state index in [2.05, 4.69) is 20.9 Å². The van der Waals surface area contributed by atoms with Crippen molar-refractivity contribution in [2.45, 2.75) is 26.1 Å². The first-order valence-corrected chi connectivity index (χ1v) is 10.2. The van der Waals surface area contributed by atoms with Gasteiger partial charge in [-0.1, -0.05) is 6.07 Å². The summed E-state index contributed by atoms with van der Waals surface area (Å²) < 4.78 is 39.4. The third-order valence-corrected chi connectivity index (χ3v) is 4.87. The van der Waals surface area contributed by atoms with Gasteiger partial charge in [0, 0.05) is 24.8 Å². The van der Waals surface area contributed by atoms with Crippen LogP contribution in [0.4, 0.5) is 35.9 Å². The Kier molecular flexibility index (Phi) is 7.33. The highest BCUT2D eigenvalue weighted by molar-refractivity contribution is 6.07. The van der Waals surface area contributed by atoms with Crippen LogP contribution in [0.25, 0.3) is 0 Å². The van der Waals surface area contributed by atoms with E-state index in [4.69, 9.17) is 0 Å². The van der Waals surface area contributed by atoms with E-state index in [1.165, 1.54) is 12.1 Å². The number of pyridine rings is 1. The Bertz CT molecular complexity index is 1270. The number of nitrogens with zero attached hydrogens (tertiary/aromatic N) is 2. The lowest BCUT2D eigenvalue weighted by molar-refractivity contribution is -0.384. The summed E-state index contributed by atoms with van der Waals surface area (Å²) in [4.78, 5) is 39.4. The van der Waals surface area contributed by atoms with Gasteiger partial charge in [-0.15, -0.1) is 0 Å². The van der Waals surface area contributed by atoms with Gasteiger partial charge in [0.05, 0.1) is 33.6 Å². The Hall–Kier alpha value is -4.48. The van der Waals surface area contributed by atoms with E-state index in [0.717, 1.165) is 25.1 Å². The van der Waals surface area contributed by atoms with Crippen LogP contribution in [0.3, 0.4) is 0 Å². The van der Waals surface area contributed by atoms with Crippen molar-refractivity contribution < 1.29 is 27.7 Å². The van der Waals surface area contributed by atoms with Gasteiger partial charge >= 0.3 is 6.18 Å². The van der Waals surface area contributed by atoms with Crippen LogP contribution in [0, 0.1) is 10.1 Å². The highest BCUT2D eigenvalue weighted by Crippen LogP contribution is 2.35. The Morgan fingerprint density at radius 1 is 1.00 bits per heavy atom. The van der Waals surface area contributed by atoms with E-state index < -0.39 is 34.2 Å². The minimum Gasteiger partial charge on any atom is -0.371 e. The molecule has 1 aromatic heterocycles. The number of carbonyl (C=O) groups is 2. The summed E-state index contributed by atoms with van der Waals surface area (Å²) in [5.74, 6) is -1.46. The Labute approximate surface area is 197 Å². The van der Waals surface area contributed by atoms with Gasteiger partial charge in [0.25, 0.3) is 11.6 Å². The van der Waals surface area contributed by atoms with E-state index in [1.54, 1.807) is 31.3 Å².